The molecule has 1 aliphatic carbocycles. The van der Waals surface area contributed by atoms with Gasteiger partial charge in [-0.05, 0) is 18.4 Å². The van der Waals surface area contributed by atoms with Crippen LogP contribution in [0.4, 0.5) is 0 Å². The van der Waals surface area contributed by atoms with Gasteiger partial charge in [0.1, 0.15) is 5.25 Å². The summed E-state index contributed by atoms with van der Waals surface area (Å²) < 4.78 is 0. The van der Waals surface area contributed by atoms with Gasteiger partial charge in [-0.25, -0.2) is 0 Å². The maximum absolute atomic E-state index is 12.1. The van der Waals surface area contributed by atoms with E-state index < -0.39 is 5.25 Å². The summed E-state index contributed by atoms with van der Waals surface area (Å²) in [5, 5.41) is 13.7. The Balaban J connectivity index is 1.49. The van der Waals surface area contributed by atoms with E-state index in [1.54, 1.807) is 6.21 Å². The molecule has 0 radical (unpaired) electrons. The molecule has 1 saturated heterocycles. The summed E-state index contributed by atoms with van der Waals surface area (Å²) >= 11 is 1.26. The Hall–Kier alpha value is -2.15. The van der Waals surface area contributed by atoms with Crippen molar-refractivity contribution in [1.82, 2.24) is 10.6 Å². The zero-order valence-electron chi connectivity index (χ0n) is 14.0. The molecule has 2 amide bonds. The molecule has 1 aromatic rings. The molecule has 6 nitrogen and oxygen atoms in total. The fourth-order valence-corrected chi connectivity index (χ4v) is 3.90. The molecular weight excluding hydrogens is 336 g/mol. The van der Waals surface area contributed by atoms with E-state index in [1.165, 1.54) is 31.0 Å². The van der Waals surface area contributed by atoms with E-state index in [4.69, 9.17) is 0 Å². The Labute approximate surface area is 151 Å². The van der Waals surface area contributed by atoms with Gasteiger partial charge >= 0.3 is 0 Å². The van der Waals surface area contributed by atoms with Crippen molar-refractivity contribution in [3.8, 4) is 0 Å². The molecule has 7 heteroatoms. The van der Waals surface area contributed by atoms with Crippen molar-refractivity contribution in [3.05, 3.63) is 35.9 Å². The predicted octanol–water partition coefficient (Wildman–Crippen LogP) is 2.45. The number of hydrogen-bond acceptors (Lipinski definition) is 5. The third kappa shape index (κ3) is 5.42. The lowest BCUT2D eigenvalue weighted by Crippen LogP contribution is -2.38. The van der Waals surface area contributed by atoms with Gasteiger partial charge in [0.2, 0.25) is 11.8 Å². The first-order valence-corrected chi connectivity index (χ1v) is 9.51. The minimum atomic E-state index is -0.436. The maximum atomic E-state index is 12.1. The molecule has 2 N–H and O–H groups in total. The topological polar surface area (TPSA) is 82.9 Å². The highest BCUT2D eigenvalue weighted by molar-refractivity contribution is 8.15. The lowest BCUT2D eigenvalue weighted by molar-refractivity contribution is -0.125. The molecule has 0 spiro atoms. The minimum Gasteiger partial charge on any atom is -0.353 e. The van der Waals surface area contributed by atoms with Crippen LogP contribution >= 0.6 is 11.8 Å². The smallest absolute Gasteiger partial charge is 0.240 e. The summed E-state index contributed by atoms with van der Waals surface area (Å²) in [4.78, 5) is 24.1. The quantitative estimate of drug-likeness (QED) is 0.626. The van der Waals surface area contributed by atoms with Crippen molar-refractivity contribution < 1.29 is 9.59 Å². The van der Waals surface area contributed by atoms with Gasteiger partial charge in [0.15, 0.2) is 5.17 Å². The molecule has 2 aliphatic rings. The van der Waals surface area contributed by atoms with E-state index in [1.807, 2.05) is 30.3 Å². The zero-order chi connectivity index (χ0) is 17.5. The standard InChI is InChI=1S/C18H22N4O2S/c23-16(20-14-9-5-2-6-10-14)11-15-17(24)21-18(25-15)22-19-12-13-7-3-1-4-8-13/h1,3-4,7-8,12,14-15H,2,5-6,9-11H2,(H,20,23)(H,21,22,24). The van der Waals surface area contributed by atoms with Crippen molar-refractivity contribution in [2.75, 3.05) is 0 Å². The number of hydrogen-bond donors (Lipinski definition) is 2. The SMILES string of the molecule is O=C(CC1SC(=NN=Cc2ccccc2)NC1=O)NC1CCCCC1. The van der Waals surface area contributed by atoms with Gasteiger partial charge in [-0.2, -0.15) is 5.10 Å². The normalized spacial score (nSPS) is 23.1. The van der Waals surface area contributed by atoms with Gasteiger partial charge in [0.05, 0.1) is 6.21 Å². The third-order valence-corrected chi connectivity index (χ3v) is 5.34. The van der Waals surface area contributed by atoms with Crippen LogP contribution in [0.15, 0.2) is 40.5 Å². The molecule has 1 aliphatic heterocycles. The average Bonchev–Trinajstić information content (AvgIpc) is 2.96. The number of amides is 2. The van der Waals surface area contributed by atoms with E-state index in [0.717, 1.165) is 18.4 Å². The second-order valence-corrected chi connectivity index (χ2v) is 7.45. The van der Waals surface area contributed by atoms with Crippen LogP contribution < -0.4 is 10.6 Å². The molecular formula is C18H22N4O2S. The lowest BCUT2D eigenvalue weighted by atomic mass is 9.95. The number of carbonyl (C=O) groups excluding carboxylic acids is 2. The number of benzene rings is 1. The largest absolute Gasteiger partial charge is 0.353 e. The highest BCUT2D eigenvalue weighted by Gasteiger charge is 2.32. The molecule has 1 heterocycles. The Bertz CT molecular complexity index is 669. The van der Waals surface area contributed by atoms with E-state index in [2.05, 4.69) is 20.8 Å². The lowest BCUT2D eigenvalue weighted by Gasteiger charge is -2.23. The van der Waals surface area contributed by atoms with Crippen molar-refractivity contribution >= 4 is 35.0 Å². The van der Waals surface area contributed by atoms with Crippen LogP contribution in [0.2, 0.25) is 0 Å². The zero-order valence-corrected chi connectivity index (χ0v) is 14.8. The number of rotatable bonds is 5. The fraction of sp³-hybridized carbons (Fsp3) is 0.444. The second kappa shape index (κ2) is 8.80. The van der Waals surface area contributed by atoms with Crippen LogP contribution in [0, 0.1) is 0 Å². The Morgan fingerprint density at radius 3 is 2.76 bits per heavy atom. The van der Waals surface area contributed by atoms with Crippen molar-refractivity contribution in [2.24, 2.45) is 10.2 Å². The van der Waals surface area contributed by atoms with Crippen molar-refractivity contribution in [2.45, 2.75) is 49.8 Å². The molecule has 1 unspecified atom stereocenters. The van der Waals surface area contributed by atoms with E-state index in [0.29, 0.717) is 5.17 Å². The molecule has 3 rings (SSSR count). The predicted molar refractivity (Wildman–Crippen MR) is 101 cm³/mol. The molecule has 2 fully saturated rings. The summed E-state index contributed by atoms with van der Waals surface area (Å²) in [6, 6.07) is 9.87. The number of nitrogens with zero attached hydrogens (tertiary/aromatic N) is 2. The van der Waals surface area contributed by atoms with Gasteiger partial charge in [0.25, 0.3) is 0 Å². The number of nitrogens with one attached hydrogen (secondary N) is 2. The molecule has 132 valence electrons. The van der Waals surface area contributed by atoms with Crippen molar-refractivity contribution in [1.29, 1.82) is 0 Å². The summed E-state index contributed by atoms with van der Waals surface area (Å²) in [7, 11) is 0. The van der Waals surface area contributed by atoms with E-state index in [-0.39, 0.29) is 24.3 Å². The van der Waals surface area contributed by atoms with Gasteiger partial charge < -0.3 is 10.6 Å². The van der Waals surface area contributed by atoms with Crippen LogP contribution in [0.5, 0.6) is 0 Å². The first-order valence-electron chi connectivity index (χ1n) is 8.63. The summed E-state index contributed by atoms with van der Waals surface area (Å²) in [6.07, 6.45) is 7.46. The first kappa shape index (κ1) is 17.7. The monoisotopic (exact) mass is 358 g/mol. The number of carbonyl (C=O) groups is 2. The highest BCUT2D eigenvalue weighted by Crippen LogP contribution is 2.23. The molecule has 0 bridgehead atoms. The molecule has 1 atom stereocenters. The van der Waals surface area contributed by atoms with Gasteiger partial charge in [0, 0.05) is 12.5 Å². The minimum absolute atomic E-state index is 0.0615. The van der Waals surface area contributed by atoms with Crippen LogP contribution in [0.3, 0.4) is 0 Å². The molecule has 1 aromatic carbocycles. The Morgan fingerprint density at radius 1 is 1.24 bits per heavy atom. The first-order chi connectivity index (χ1) is 12.2. The number of thioether (sulfide) groups is 1. The Kier molecular flexibility index (Phi) is 6.22. The van der Waals surface area contributed by atoms with E-state index >= 15 is 0 Å². The fourth-order valence-electron chi connectivity index (χ4n) is 2.98. The van der Waals surface area contributed by atoms with Crippen LogP contribution in [0.1, 0.15) is 44.1 Å². The summed E-state index contributed by atoms with van der Waals surface area (Å²) in [6.45, 7) is 0. The molecule has 25 heavy (non-hydrogen) atoms. The summed E-state index contributed by atoms with van der Waals surface area (Å²) in [5.41, 5.74) is 0.935. The van der Waals surface area contributed by atoms with Gasteiger partial charge in [-0.15, -0.1) is 5.10 Å². The van der Waals surface area contributed by atoms with E-state index in [9.17, 15) is 9.59 Å². The molecule has 1 saturated carbocycles. The van der Waals surface area contributed by atoms with Crippen LogP contribution in [-0.2, 0) is 9.59 Å². The Morgan fingerprint density at radius 2 is 2.00 bits per heavy atom. The number of amidine groups is 1. The second-order valence-electron chi connectivity index (χ2n) is 6.26. The highest BCUT2D eigenvalue weighted by atomic mass is 32.2. The molecule has 0 aromatic heterocycles. The van der Waals surface area contributed by atoms with Crippen LogP contribution in [0.25, 0.3) is 0 Å². The van der Waals surface area contributed by atoms with Crippen LogP contribution in [-0.4, -0.2) is 34.5 Å². The third-order valence-electron chi connectivity index (χ3n) is 4.27. The maximum Gasteiger partial charge on any atom is 0.240 e. The van der Waals surface area contributed by atoms with Gasteiger partial charge in [-0.1, -0.05) is 61.4 Å². The summed E-state index contributed by atoms with van der Waals surface area (Å²) in [5.74, 6) is -0.244. The average molecular weight is 358 g/mol. The van der Waals surface area contributed by atoms with Gasteiger partial charge in [-0.3, -0.25) is 9.59 Å². The van der Waals surface area contributed by atoms with Crippen molar-refractivity contribution in [3.63, 3.8) is 0 Å².